The quantitative estimate of drug-likeness (QED) is 0.715. The first-order chi connectivity index (χ1) is 6.77. The lowest BCUT2D eigenvalue weighted by molar-refractivity contribution is 0.443. The van der Waals surface area contributed by atoms with Crippen molar-refractivity contribution in [3.05, 3.63) is 28.2 Å². The van der Waals surface area contributed by atoms with Gasteiger partial charge in [-0.05, 0) is 30.4 Å². The van der Waals surface area contributed by atoms with Crippen LogP contribution in [0.1, 0.15) is 43.6 Å². The summed E-state index contributed by atoms with van der Waals surface area (Å²) in [4.78, 5) is 13.8. The average Bonchev–Trinajstić information content (AvgIpc) is 2.23. The number of aromatic amines is 1. The molecule has 1 fully saturated rings. The zero-order chi connectivity index (χ0) is 9.97. The molecule has 1 heterocycles. The number of hydrogen-bond donors (Lipinski definition) is 2. The van der Waals surface area contributed by atoms with Crippen LogP contribution in [0, 0.1) is 0 Å². The summed E-state index contributed by atoms with van der Waals surface area (Å²) in [6.45, 7) is 0. The molecule has 0 unspecified atom stereocenters. The van der Waals surface area contributed by atoms with E-state index < -0.39 is 0 Å². The van der Waals surface area contributed by atoms with Crippen LogP contribution in [-0.2, 0) is 0 Å². The Balaban J connectivity index is 2.22. The van der Waals surface area contributed by atoms with Gasteiger partial charge in [-0.2, -0.15) is 0 Å². The molecule has 1 aromatic rings. The molecule has 76 valence electrons. The van der Waals surface area contributed by atoms with Gasteiger partial charge in [0, 0.05) is 6.20 Å². The molecule has 0 aromatic carbocycles. The van der Waals surface area contributed by atoms with Gasteiger partial charge in [-0.15, -0.1) is 0 Å². The summed E-state index contributed by atoms with van der Waals surface area (Å²) >= 11 is 0. The average molecular weight is 192 g/mol. The molecule has 3 nitrogen and oxygen atoms in total. The summed E-state index contributed by atoms with van der Waals surface area (Å²) in [5, 5.41) is 0. The third kappa shape index (κ3) is 1.81. The zero-order valence-electron chi connectivity index (χ0n) is 8.25. The van der Waals surface area contributed by atoms with Crippen molar-refractivity contribution in [1.29, 1.82) is 0 Å². The molecule has 0 saturated heterocycles. The van der Waals surface area contributed by atoms with E-state index in [4.69, 9.17) is 5.73 Å². The fourth-order valence-electron chi connectivity index (χ4n) is 2.19. The highest BCUT2D eigenvalue weighted by atomic mass is 16.1. The van der Waals surface area contributed by atoms with Crippen LogP contribution in [0.2, 0.25) is 0 Å². The second-order valence-corrected chi connectivity index (χ2v) is 4.05. The van der Waals surface area contributed by atoms with Crippen molar-refractivity contribution in [2.75, 3.05) is 5.73 Å². The Morgan fingerprint density at radius 2 is 2.00 bits per heavy atom. The number of nitrogens with one attached hydrogen (secondary N) is 1. The number of H-pyrrole nitrogens is 1. The Labute approximate surface area is 83.3 Å². The van der Waals surface area contributed by atoms with Crippen LogP contribution < -0.4 is 11.3 Å². The second-order valence-electron chi connectivity index (χ2n) is 4.05. The van der Waals surface area contributed by atoms with Crippen LogP contribution in [0.15, 0.2) is 17.1 Å². The predicted octanol–water partition coefficient (Wildman–Crippen LogP) is 2.00. The van der Waals surface area contributed by atoms with Crippen molar-refractivity contribution in [2.45, 2.75) is 38.0 Å². The van der Waals surface area contributed by atoms with Crippen molar-refractivity contribution in [1.82, 2.24) is 4.98 Å². The molecule has 1 aliphatic carbocycles. The number of nitrogen functional groups attached to an aromatic ring is 1. The Hall–Kier alpha value is -1.25. The van der Waals surface area contributed by atoms with E-state index in [0.29, 0.717) is 11.6 Å². The minimum Gasteiger partial charge on any atom is -0.394 e. The smallest absolute Gasteiger partial charge is 0.271 e. The van der Waals surface area contributed by atoms with Gasteiger partial charge in [0.25, 0.3) is 5.56 Å². The zero-order valence-corrected chi connectivity index (χ0v) is 8.25. The summed E-state index contributed by atoms with van der Waals surface area (Å²) in [6.07, 6.45) is 8.20. The van der Waals surface area contributed by atoms with Gasteiger partial charge in [0.1, 0.15) is 0 Å². The van der Waals surface area contributed by atoms with Crippen molar-refractivity contribution in [2.24, 2.45) is 0 Å². The summed E-state index contributed by atoms with van der Waals surface area (Å²) in [7, 11) is 0. The largest absolute Gasteiger partial charge is 0.394 e. The van der Waals surface area contributed by atoms with E-state index in [0.717, 1.165) is 0 Å². The number of aromatic nitrogens is 1. The van der Waals surface area contributed by atoms with E-state index >= 15 is 0 Å². The number of hydrogen-bond acceptors (Lipinski definition) is 2. The van der Waals surface area contributed by atoms with Gasteiger partial charge in [-0.3, -0.25) is 4.79 Å². The van der Waals surface area contributed by atoms with Crippen LogP contribution in [0.4, 0.5) is 5.69 Å². The molecule has 1 saturated carbocycles. The lowest BCUT2D eigenvalue weighted by Crippen LogP contribution is -2.14. The molecule has 0 spiro atoms. The molecule has 2 rings (SSSR count). The van der Waals surface area contributed by atoms with E-state index in [-0.39, 0.29) is 5.56 Å². The molecule has 3 N–H and O–H groups in total. The number of rotatable bonds is 1. The highest BCUT2D eigenvalue weighted by Gasteiger charge is 2.15. The standard InChI is InChI=1S/C11H16N2O/c12-10-6-9(7-13-11(10)14)8-4-2-1-3-5-8/h6-8H,1-5,12H2,(H,13,14). The number of pyridine rings is 1. The molecule has 0 aliphatic heterocycles. The monoisotopic (exact) mass is 192 g/mol. The first-order valence-corrected chi connectivity index (χ1v) is 5.25. The van der Waals surface area contributed by atoms with Gasteiger partial charge in [0.05, 0.1) is 5.69 Å². The van der Waals surface area contributed by atoms with E-state index in [1.54, 1.807) is 0 Å². The van der Waals surface area contributed by atoms with Crippen molar-refractivity contribution in [3.63, 3.8) is 0 Å². The van der Waals surface area contributed by atoms with Gasteiger partial charge in [-0.1, -0.05) is 19.3 Å². The van der Waals surface area contributed by atoms with Gasteiger partial charge in [-0.25, -0.2) is 0 Å². The topological polar surface area (TPSA) is 58.9 Å². The SMILES string of the molecule is Nc1cc(C2CCCCC2)c[nH]c1=O. The van der Waals surface area contributed by atoms with Crippen molar-refractivity contribution in [3.8, 4) is 0 Å². The lowest BCUT2D eigenvalue weighted by Gasteiger charge is -2.21. The Morgan fingerprint density at radius 1 is 1.29 bits per heavy atom. The minimum atomic E-state index is -0.176. The fourth-order valence-corrected chi connectivity index (χ4v) is 2.19. The van der Waals surface area contributed by atoms with Crippen molar-refractivity contribution >= 4 is 5.69 Å². The van der Waals surface area contributed by atoms with E-state index in [1.807, 2.05) is 12.3 Å². The molecule has 0 radical (unpaired) electrons. The van der Waals surface area contributed by atoms with Crippen LogP contribution in [0.25, 0.3) is 0 Å². The molecular weight excluding hydrogens is 176 g/mol. The normalized spacial score (nSPS) is 18.3. The van der Waals surface area contributed by atoms with Crippen LogP contribution in [0.5, 0.6) is 0 Å². The van der Waals surface area contributed by atoms with Gasteiger partial charge < -0.3 is 10.7 Å². The second kappa shape index (κ2) is 3.86. The summed E-state index contributed by atoms with van der Waals surface area (Å²) < 4.78 is 0. The van der Waals surface area contributed by atoms with E-state index in [2.05, 4.69) is 4.98 Å². The van der Waals surface area contributed by atoms with Crippen LogP contribution in [-0.4, -0.2) is 4.98 Å². The number of nitrogens with two attached hydrogens (primary N) is 1. The highest BCUT2D eigenvalue weighted by molar-refractivity contribution is 5.38. The summed E-state index contributed by atoms with van der Waals surface area (Å²) in [5.41, 5.74) is 6.94. The van der Waals surface area contributed by atoms with E-state index in [9.17, 15) is 4.79 Å². The van der Waals surface area contributed by atoms with Gasteiger partial charge in [0.2, 0.25) is 0 Å². The maximum absolute atomic E-state index is 11.1. The maximum atomic E-state index is 11.1. The molecule has 14 heavy (non-hydrogen) atoms. The third-order valence-corrected chi connectivity index (χ3v) is 3.03. The first-order valence-electron chi connectivity index (χ1n) is 5.25. The lowest BCUT2D eigenvalue weighted by atomic mass is 9.85. The molecule has 0 atom stereocenters. The van der Waals surface area contributed by atoms with Crippen LogP contribution in [0.3, 0.4) is 0 Å². The van der Waals surface area contributed by atoms with Gasteiger partial charge in [0.15, 0.2) is 0 Å². The third-order valence-electron chi connectivity index (χ3n) is 3.03. The fraction of sp³-hybridized carbons (Fsp3) is 0.545. The van der Waals surface area contributed by atoms with Crippen molar-refractivity contribution < 1.29 is 0 Å². The van der Waals surface area contributed by atoms with Crippen LogP contribution >= 0.6 is 0 Å². The molecular formula is C11H16N2O. The van der Waals surface area contributed by atoms with E-state index in [1.165, 1.54) is 37.7 Å². The highest BCUT2D eigenvalue weighted by Crippen LogP contribution is 2.32. The molecule has 1 aliphatic rings. The molecule has 3 heteroatoms. The molecule has 0 bridgehead atoms. The minimum absolute atomic E-state index is 0.176. The molecule has 1 aromatic heterocycles. The predicted molar refractivity (Wildman–Crippen MR) is 57.3 cm³/mol. The number of anilines is 1. The maximum Gasteiger partial charge on any atom is 0.271 e. The summed E-state index contributed by atoms with van der Waals surface area (Å²) in [6, 6.07) is 1.83. The first kappa shape index (κ1) is 9.31. The summed E-state index contributed by atoms with van der Waals surface area (Å²) in [5.74, 6) is 0.600. The Kier molecular flexibility index (Phi) is 2.57. The Bertz CT molecular complexity index is 364. The Morgan fingerprint density at radius 3 is 2.64 bits per heavy atom. The molecule has 0 amide bonds. The van der Waals surface area contributed by atoms with Gasteiger partial charge >= 0.3 is 0 Å².